The van der Waals surface area contributed by atoms with Crippen LogP contribution in [0.5, 0.6) is 0 Å². The van der Waals surface area contributed by atoms with Gasteiger partial charge >= 0.3 is 6.03 Å². The van der Waals surface area contributed by atoms with Crippen LogP contribution in [0.4, 0.5) is 4.79 Å². The van der Waals surface area contributed by atoms with Crippen molar-refractivity contribution in [1.82, 2.24) is 25.0 Å². The molecule has 168 valence electrons. The van der Waals surface area contributed by atoms with Gasteiger partial charge in [0.15, 0.2) is 6.10 Å². The maximum absolute atomic E-state index is 12.9. The minimum Gasteiger partial charge on any atom is -0.483 e. The molecular weight excluding hydrogens is 406 g/mol. The number of likely N-dealkylation sites (N-methyl/N-ethyl adjacent to an activating group) is 1. The second-order valence-electron chi connectivity index (χ2n) is 7.58. The van der Waals surface area contributed by atoms with Gasteiger partial charge in [-0.2, -0.15) is 0 Å². The fourth-order valence-corrected chi connectivity index (χ4v) is 3.84. The molecule has 4 amide bonds. The van der Waals surface area contributed by atoms with E-state index in [1.807, 2.05) is 6.07 Å². The number of nitrogens with one attached hydrogen (secondary N) is 1. The number of aromatic nitrogens is 1. The first-order valence-electron chi connectivity index (χ1n) is 10.2. The van der Waals surface area contributed by atoms with Gasteiger partial charge in [0.05, 0.1) is 6.04 Å². The average molecular weight is 433 g/mol. The Bertz CT molecular complexity index is 803. The predicted octanol–water partition coefficient (Wildman–Crippen LogP) is -0.303. The van der Waals surface area contributed by atoms with E-state index in [0.29, 0.717) is 26.2 Å². The van der Waals surface area contributed by atoms with E-state index in [1.54, 1.807) is 40.2 Å². The van der Waals surface area contributed by atoms with Gasteiger partial charge < -0.3 is 29.9 Å². The van der Waals surface area contributed by atoms with E-state index < -0.39 is 12.1 Å². The maximum Gasteiger partial charge on any atom is 0.319 e. The highest BCUT2D eigenvalue weighted by Crippen LogP contribution is 2.39. The summed E-state index contributed by atoms with van der Waals surface area (Å²) in [6.45, 7) is 1.80. The van der Waals surface area contributed by atoms with Gasteiger partial charge in [-0.3, -0.25) is 19.4 Å². The third-order valence-electron chi connectivity index (χ3n) is 5.47. The first-order chi connectivity index (χ1) is 15.0. The summed E-state index contributed by atoms with van der Waals surface area (Å²) < 4.78 is 5.67. The monoisotopic (exact) mass is 433 g/mol. The number of urea groups is 1. The van der Waals surface area contributed by atoms with Crippen molar-refractivity contribution in [1.29, 1.82) is 0 Å². The first kappa shape index (κ1) is 22.5. The van der Waals surface area contributed by atoms with Gasteiger partial charge in [-0.15, -0.1) is 0 Å². The summed E-state index contributed by atoms with van der Waals surface area (Å²) in [7, 11) is 1.76. The van der Waals surface area contributed by atoms with Crippen LogP contribution >= 0.6 is 0 Å². The number of ether oxygens (including phenoxy) is 1. The highest BCUT2D eigenvalue weighted by molar-refractivity contribution is 5.86. The molecule has 3 fully saturated rings. The fourth-order valence-electron chi connectivity index (χ4n) is 3.84. The Balaban J connectivity index is 0.000000858. The zero-order valence-electron chi connectivity index (χ0n) is 17.3. The molecule has 0 unspecified atom stereocenters. The van der Waals surface area contributed by atoms with E-state index in [-0.39, 0.29) is 37.0 Å². The van der Waals surface area contributed by atoms with Crippen molar-refractivity contribution in [2.24, 2.45) is 0 Å². The van der Waals surface area contributed by atoms with Gasteiger partial charge in [-0.05, 0) is 24.5 Å². The molecule has 2 aliphatic heterocycles. The Labute approximate surface area is 179 Å². The molecular formula is C20H27N5O6. The molecule has 11 heteroatoms. The van der Waals surface area contributed by atoms with Gasteiger partial charge in [0.1, 0.15) is 6.61 Å². The van der Waals surface area contributed by atoms with E-state index >= 15 is 0 Å². The van der Waals surface area contributed by atoms with Gasteiger partial charge in [0, 0.05) is 51.7 Å². The minimum absolute atomic E-state index is 0.0260. The quantitative estimate of drug-likeness (QED) is 0.589. The Hall–Kier alpha value is -3.21. The van der Waals surface area contributed by atoms with Crippen molar-refractivity contribution < 1.29 is 29.0 Å². The van der Waals surface area contributed by atoms with Crippen LogP contribution in [-0.4, -0.2) is 101 Å². The summed E-state index contributed by atoms with van der Waals surface area (Å²) in [6, 6.07) is 3.32. The minimum atomic E-state index is -0.792. The standard InChI is InChI=1S/C19H25N5O4.CH2O2/c1-22-9-10-23(19(22)27)8-7-21-18(26)17-16(13-3-2-6-20-11-13)24(14-4-5-14)15(25)12-28-17;2-1-3/h2-3,6,11,14,16-17H,4-5,7-10,12H2,1H3,(H,21,26);1H,(H,2,3)/t16-,17+;/m1./s1. The Kier molecular flexibility index (Phi) is 7.40. The summed E-state index contributed by atoms with van der Waals surface area (Å²) in [5.41, 5.74) is 0.791. The number of rotatable bonds is 6. The molecule has 0 radical (unpaired) electrons. The lowest BCUT2D eigenvalue weighted by Crippen LogP contribution is -2.55. The molecule has 1 saturated carbocycles. The molecule has 1 aromatic rings. The highest BCUT2D eigenvalue weighted by Gasteiger charge is 2.47. The summed E-state index contributed by atoms with van der Waals surface area (Å²) in [5.74, 6) is -0.363. The number of pyridine rings is 1. The summed E-state index contributed by atoms with van der Waals surface area (Å²) in [6.07, 6.45) is 4.44. The molecule has 11 nitrogen and oxygen atoms in total. The largest absolute Gasteiger partial charge is 0.483 e. The van der Waals surface area contributed by atoms with Crippen molar-refractivity contribution in [3.05, 3.63) is 30.1 Å². The van der Waals surface area contributed by atoms with Crippen molar-refractivity contribution in [2.45, 2.75) is 31.0 Å². The van der Waals surface area contributed by atoms with Gasteiger partial charge in [0.25, 0.3) is 12.4 Å². The number of hydrogen-bond acceptors (Lipinski definition) is 6. The molecule has 4 rings (SSSR count). The Morgan fingerprint density at radius 3 is 2.68 bits per heavy atom. The topological polar surface area (TPSA) is 132 Å². The lowest BCUT2D eigenvalue weighted by molar-refractivity contribution is -0.165. The lowest BCUT2D eigenvalue weighted by Gasteiger charge is -2.40. The molecule has 3 aliphatic rings. The number of carbonyl (C=O) groups excluding carboxylic acids is 3. The van der Waals surface area contributed by atoms with Crippen LogP contribution in [0.3, 0.4) is 0 Å². The zero-order valence-corrected chi connectivity index (χ0v) is 17.3. The molecule has 2 saturated heterocycles. The number of hydrogen-bond donors (Lipinski definition) is 2. The van der Waals surface area contributed by atoms with Crippen LogP contribution in [0.2, 0.25) is 0 Å². The average Bonchev–Trinajstić information content (AvgIpc) is 3.56. The molecule has 2 atom stereocenters. The lowest BCUT2D eigenvalue weighted by atomic mass is 9.98. The normalized spacial score (nSPS) is 23.3. The number of morpholine rings is 1. The summed E-state index contributed by atoms with van der Waals surface area (Å²) in [4.78, 5) is 55.0. The zero-order chi connectivity index (χ0) is 22.4. The predicted molar refractivity (Wildman–Crippen MR) is 108 cm³/mol. The third kappa shape index (κ3) is 5.29. The van der Waals surface area contributed by atoms with Crippen LogP contribution < -0.4 is 5.32 Å². The summed E-state index contributed by atoms with van der Waals surface area (Å²) in [5, 5.41) is 9.76. The number of nitrogens with zero attached hydrogens (tertiary/aromatic N) is 4. The van der Waals surface area contributed by atoms with E-state index in [1.165, 1.54) is 0 Å². The molecule has 0 spiro atoms. The second kappa shape index (κ2) is 10.2. The second-order valence-corrected chi connectivity index (χ2v) is 7.58. The van der Waals surface area contributed by atoms with E-state index in [4.69, 9.17) is 14.6 Å². The van der Waals surface area contributed by atoms with Gasteiger partial charge in [-0.25, -0.2) is 4.79 Å². The smallest absolute Gasteiger partial charge is 0.319 e. The number of amides is 4. The first-order valence-corrected chi connectivity index (χ1v) is 10.2. The molecule has 0 bridgehead atoms. The molecule has 3 heterocycles. The number of carbonyl (C=O) groups is 4. The van der Waals surface area contributed by atoms with E-state index in [2.05, 4.69) is 10.3 Å². The van der Waals surface area contributed by atoms with Crippen molar-refractivity contribution in [3.8, 4) is 0 Å². The van der Waals surface area contributed by atoms with E-state index in [9.17, 15) is 14.4 Å². The van der Waals surface area contributed by atoms with Crippen LogP contribution in [0.1, 0.15) is 24.4 Å². The van der Waals surface area contributed by atoms with Crippen molar-refractivity contribution in [2.75, 3.05) is 39.8 Å². The Morgan fingerprint density at radius 1 is 1.35 bits per heavy atom. The van der Waals surface area contributed by atoms with Crippen molar-refractivity contribution >= 4 is 24.3 Å². The van der Waals surface area contributed by atoms with Crippen LogP contribution in [0, 0.1) is 0 Å². The molecule has 1 aliphatic carbocycles. The van der Waals surface area contributed by atoms with Crippen LogP contribution in [0.15, 0.2) is 24.5 Å². The summed E-state index contributed by atoms with van der Waals surface area (Å²) >= 11 is 0. The van der Waals surface area contributed by atoms with Gasteiger partial charge in [-0.1, -0.05) is 6.07 Å². The molecule has 31 heavy (non-hydrogen) atoms. The van der Waals surface area contributed by atoms with Crippen molar-refractivity contribution in [3.63, 3.8) is 0 Å². The van der Waals surface area contributed by atoms with Crippen LogP contribution in [0.25, 0.3) is 0 Å². The SMILES string of the molecule is CN1CCN(CCNC(=O)[C@H]2OCC(=O)N(C3CC3)[C@@H]2c2cccnc2)C1=O.O=CO. The number of carboxylic acid groups (broad SMARTS) is 1. The van der Waals surface area contributed by atoms with E-state index in [0.717, 1.165) is 18.4 Å². The van der Waals surface area contributed by atoms with Crippen LogP contribution in [-0.2, 0) is 19.1 Å². The highest BCUT2D eigenvalue weighted by atomic mass is 16.5. The molecule has 1 aromatic heterocycles. The molecule has 2 N–H and O–H groups in total. The third-order valence-corrected chi connectivity index (χ3v) is 5.47. The maximum atomic E-state index is 12.9. The Morgan fingerprint density at radius 2 is 2.10 bits per heavy atom. The fraction of sp³-hybridized carbons (Fsp3) is 0.550. The van der Waals surface area contributed by atoms with Gasteiger partial charge in [0.2, 0.25) is 5.91 Å². The molecule has 0 aromatic carbocycles.